The highest BCUT2D eigenvalue weighted by molar-refractivity contribution is 7.92. The molecule has 1 unspecified atom stereocenters. The molecule has 2 aromatic rings. The second kappa shape index (κ2) is 7.39. The van der Waals surface area contributed by atoms with Crippen LogP contribution in [0.15, 0.2) is 58.5 Å². The van der Waals surface area contributed by atoms with Gasteiger partial charge in [-0.2, -0.15) is 5.10 Å². The average molecular weight is 371 g/mol. The van der Waals surface area contributed by atoms with Crippen LogP contribution in [0.4, 0.5) is 0 Å². The Balaban J connectivity index is 1.72. The van der Waals surface area contributed by atoms with Crippen molar-refractivity contribution < 1.29 is 13.2 Å². The van der Waals surface area contributed by atoms with Crippen LogP contribution in [0.5, 0.6) is 0 Å². The maximum absolute atomic E-state index is 12.6. The Kier molecular flexibility index (Phi) is 5.20. The first-order valence-electron chi connectivity index (χ1n) is 8.37. The van der Waals surface area contributed by atoms with Crippen LogP contribution in [0.1, 0.15) is 29.5 Å². The van der Waals surface area contributed by atoms with E-state index in [1.807, 2.05) is 31.2 Å². The molecule has 0 bridgehead atoms. The summed E-state index contributed by atoms with van der Waals surface area (Å²) in [7, 11) is -3.58. The van der Waals surface area contributed by atoms with Gasteiger partial charge in [0.05, 0.1) is 10.6 Å². The molecule has 1 amide bonds. The lowest BCUT2D eigenvalue weighted by atomic mass is 10.0. The molecule has 2 aromatic carbocycles. The molecule has 1 aliphatic rings. The molecule has 0 radical (unpaired) electrons. The standard InChI is InChI=1S/C19H21N3O3S/c1-13-2-8-16(9-3-13)26(24,25)18(20)12-14-4-6-15(7-5-14)17-10-11-19(23)22-21-17/h2-9,18H,10-12,20H2,1H3,(H,22,23). The van der Waals surface area contributed by atoms with Crippen molar-refractivity contribution in [3.63, 3.8) is 0 Å². The number of nitrogens with zero attached hydrogens (tertiary/aromatic N) is 1. The third kappa shape index (κ3) is 4.00. The van der Waals surface area contributed by atoms with Crippen LogP contribution in [0, 0.1) is 6.92 Å². The van der Waals surface area contributed by atoms with E-state index >= 15 is 0 Å². The number of rotatable bonds is 5. The summed E-state index contributed by atoms with van der Waals surface area (Å²) in [6.07, 6.45) is 1.23. The van der Waals surface area contributed by atoms with Crippen molar-refractivity contribution in [3.8, 4) is 0 Å². The van der Waals surface area contributed by atoms with Gasteiger partial charge < -0.3 is 5.73 Å². The van der Waals surface area contributed by atoms with Gasteiger partial charge in [-0.05, 0) is 30.2 Å². The zero-order chi connectivity index (χ0) is 18.7. The molecule has 0 saturated carbocycles. The molecular formula is C19H21N3O3S. The Morgan fingerprint density at radius 2 is 1.73 bits per heavy atom. The van der Waals surface area contributed by atoms with Crippen LogP contribution < -0.4 is 11.2 Å². The van der Waals surface area contributed by atoms with Gasteiger partial charge in [0.15, 0.2) is 9.84 Å². The van der Waals surface area contributed by atoms with Crippen molar-refractivity contribution in [2.24, 2.45) is 10.8 Å². The fraction of sp³-hybridized carbons (Fsp3) is 0.263. The summed E-state index contributed by atoms with van der Waals surface area (Å²) in [6, 6.07) is 14.1. The monoisotopic (exact) mass is 371 g/mol. The molecule has 1 heterocycles. The lowest BCUT2D eigenvalue weighted by molar-refractivity contribution is -0.121. The van der Waals surface area contributed by atoms with E-state index < -0.39 is 15.2 Å². The largest absolute Gasteiger partial charge is 0.315 e. The number of aryl methyl sites for hydroxylation is 1. The molecule has 0 aromatic heterocycles. The number of hydrogen-bond acceptors (Lipinski definition) is 5. The minimum Gasteiger partial charge on any atom is -0.315 e. The molecular weight excluding hydrogens is 350 g/mol. The molecule has 0 aliphatic carbocycles. The first-order chi connectivity index (χ1) is 12.4. The van der Waals surface area contributed by atoms with E-state index in [4.69, 9.17) is 5.73 Å². The Morgan fingerprint density at radius 3 is 2.31 bits per heavy atom. The predicted octanol–water partition coefficient (Wildman–Crippen LogP) is 1.91. The van der Waals surface area contributed by atoms with Gasteiger partial charge >= 0.3 is 0 Å². The number of nitrogens with one attached hydrogen (secondary N) is 1. The molecule has 1 atom stereocenters. The maximum atomic E-state index is 12.6. The maximum Gasteiger partial charge on any atom is 0.240 e. The van der Waals surface area contributed by atoms with Gasteiger partial charge in [0, 0.05) is 19.3 Å². The summed E-state index contributed by atoms with van der Waals surface area (Å²) in [6.45, 7) is 1.90. The molecule has 0 saturated heterocycles. The number of nitrogens with two attached hydrogens (primary N) is 1. The molecule has 3 N–H and O–H groups in total. The Labute approximate surface area is 153 Å². The van der Waals surface area contributed by atoms with Crippen molar-refractivity contribution in [1.82, 2.24) is 5.43 Å². The van der Waals surface area contributed by atoms with Crippen molar-refractivity contribution in [3.05, 3.63) is 65.2 Å². The minimum absolute atomic E-state index is 0.0855. The van der Waals surface area contributed by atoms with Gasteiger partial charge in [0.2, 0.25) is 5.91 Å². The normalized spacial score (nSPS) is 15.9. The van der Waals surface area contributed by atoms with Crippen molar-refractivity contribution in [2.45, 2.75) is 36.5 Å². The van der Waals surface area contributed by atoms with E-state index in [0.29, 0.717) is 12.8 Å². The van der Waals surface area contributed by atoms with Crippen molar-refractivity contribution in [2.75, 3.05) is 0 Å². The number of hydrogen-bond donors (Lipinski definition) is 2. The highest BCUT2D eigenvalue weighted by atomic mass is 32.2. The average Bonchev–Trinajstić information content (AvgIpc) is 2.63. The number of carbonyl (C=O) groups is 1. The Bertz CT molecular complexity index is 933. The summed E-state index contributed by atoms with van der Waals surface area (Å²) in [5.41, 5.74) is 12.0. The van der Waals surface area contributed by atoms with E-state index in [2.05, 4.69) is 10.5 Å². The van der Waals surface area contributed by atoms with Crippen LogP contribution in [0.25, 0.3) is 0 Å². The van der Waals surface area contributed by atoms with Gasteiger partial charge in [-0.15, -0.1) is 0 Å². The lowest BCUT2D eigenvalue weighted by Crippen LogP contribution is -2.32. The fourth-order valence-electron chi connectivity index (χ4n) is 2.76. The molecule has 6 nitrogen and oxygen atoms in total. The third-order valence-electron chi connectivity index (χ3n) is 4.38. The van der Waals surface area contributed by atoms with E-state index in [-0.39, 0.29) is 17.2 Å². The smallest absolute Gasteiger partial charge is 0.240 e. The van der Waals surface area contributed by atoms with Crippen molar-refractivity contribution in [1.29, 1.82) is 0 Å². The summed E-state index contributed by atoms with van der Waals surface area (Å²) < 4.78 is 25.2. The number of sulfone groups is 1. The van der Waals surface area contributed by atoms with Gasteiger partial charge in [-0.3, -0.25) is 4.79 Å². The predicted molar refractivity (Wildman–Crippen MR) is 100 cm³/mol. The number of amides is 1. The second-order valence-corrected chi connectivity index (χ2v) is 8.56. The van der Waals surface area contributed by atoms with Gasteiger partial charge in [0.25, 0.3) is 0 Å². The lowest BCUT2D eigenvalue weighted by Gasteiger charge is -2.15. The Morgan fingerprint density at radius 1 is 1.08 bits per heavy atom. The Hall–Kier alpha value is -2.51. The molecule has 0 fully saturated rings. The SMILES string of the molecule is Cc1ccc(S(=O)(=O)C(N)Cc2ccc(C3=NNC(=O)CC3)cc2)cc1. The highest BCUT2D eigenvalue weighted by Crippen LogP contribution is 2.18. The minimum atomic E-state index is -3.58. The number of benzene rings is 2. The second-order valence-electron chi connectivity index (χ2n) is 6.39. The van der Waals surface area contributed by atoms with E-state index in [1.54, 1.807) is 24.3 Å². The van der Waals surface area contributed by atoms with Crippen LogP contribution in [-0.2, 0) is 21.1 Å². The highest BCUT2D eigenvalue weighted by Gasteiger charge is 2.24. The molecule has 136 valence electrons. The third-order valence-corrected chi connectivity index (χ3v) is 6.27. The number of hydrazone groups is 1. The zero-order valence-electron chi connectivity index (χ0n) is 14.5. The summed E-state index contributed by atoms with van der Waals surface area (Å²) in [5, 5.41) is 3.04. The zero-order valence-corrected chi connectivity index (χ0v) is 15.3. The molecule has 0 spiro atoms. The quantitative estimate of drug-likeness (QED) is 0.838. The first-order valence-corrected chi connectivity index (χ1v) is 9.92. The summed E-state index contributed by atoms with van der Waals surface area (Å²) >= 11 is 0. The summed E-state index contributed by atoms with van der Waals surface area (Å²) in [5.74, 6) is -0.0855. The van der Waals surface area contributed by atoms with Crippen LogP contribution >= 0.6 is 0 Å². The van der Waals surface area contributed by atoms with Gasteiger partial charge in [0.1, 0.15) is 5.37 Å². The van der Waals surface area contributed by atoms with E-state index in [0.717, 1.165) is 22.4 Å². The van der Waals surface area contributed by atoms with E-state index in [1.165, 1.54) is 0 Å². The molecule has 1 aliphatic heterocycles. The topological polar surface area (TPSA) is 102 Å². The van der Waals surface area contributed by atoms with E-state index in [9.17, 15) is 13.2 Å². The fourth-order valence-corrected chi connectivity index (χ4v) is 4.04. The molecule has 3 rings (SSSR count). The molecule has 7 heteroatoms. The van der Waals surface area contributed by atoms with Gasteiger partial charge in [-0.1, -0.05) is 42.0 Å². The van der Waals surface area contributed by atoms with Crippen LogP contribution in [-0.4, -0.2) is 25.4 Å². The van der Waals surface area contributed by atoms with Crippen molar-refractivity contribution >= 4 is 21.5 Å². The van der Waals surface area contributed by atoms with Crippen LogP contribution in [0.2, 0.25) is 0 Å². The molecule has 26 heavy (non-hydrogen) atoms. The summed E-state index contributed by atoms with van der Waals surface area (Å²) in [4.78, 5) is 11.4. The van der Waals surface area contributed by atoms with Crippen LogP contribution in [0.3, 0.4) is 0 Å². The van der Waals surface area contributed by atoms with Gasteiger partial charge in [-0.25, -0.2) is 13.8 Å². The first kappa shape index (κ1) is 18.3. The number of carbonyl (C=O) groups excluding carboxylic acids is 1.